The summed E-state index contributed by atoms with van der Waals surface area (Å²) in [5.74, 6) is 0. The zero-order valence-electron chi connectivity index (χ0n) is 10.4. The fraction of sp³-hybridized carbons (Fsp3) is 0.667. The van der Waals surface area contributed by atoms with Gasteiger partial charge in [-0.15, -0.1) is 0 Å². The molecule has 1 nitrogen and oxygen atoms in total. The van der Waals surface area contributed by atoms with Crippen molar-refractivity contribution in [1.82, 2.24) is 0 Å². The zero-order valence-corrected chi connectivity index (χ0v) is 13.5. The monoisotopic (exact) mass is 336 g/mol. The third-order valence-corrected chi connectivity index (χ3v) is 9.00. The predicted molar refractivity (Wildman–Crippen MR) is 77.9 cm³/mol. The maximum atomic E-state index is 6.30. The third kappa shape index (κ3) is 3.17. The van der Waals surface area contributed by atoms with Crippen LogP contribution in [0.5, 0.6) is 0 Å². The molecule has 1 rings (SSSR count). The van der Waals surface area contributed by atoms with Gasteiger partial charge in [-0.3, -0.25) is 0 Å². The van der Waals surface area contributed by atoms with Crippen LogP contribution in [0.4, 0.5) is 0 Å². The molecule has 86 valence electrons. The van der Waals surface area contributed by atoms with Crippen LogP contribution in [0.3, 0.4) is 0 Å². The standard InChI is InChI=1S/C12H21IOSi/c1-9-7-10(8-11(9)13)14-15(5,6)12(2,3)4/h8,10H,1,7H2,2-6H3/t10-/m0/s1. The fourth-order valence-corrected chi connectivity index (χ4v) is 3.19. The Morgan fingerprint density at radius 3 is 2.33 bits per heavy atom. The molecule has 0 saturated heterocycles. The first-order valence-corrected chi connectivity index (χ1v) is 9.35. The van der Waals surface area contributed by atoms with Crippen molar-refractivity contribution < 1.29 is 4.43 Å². The van der Waals surface area contributed by atoms with E-state index in [4.69, 9.17) is 4.43 Å². The summed E-state index contributed by atoms with van der Waals surface area (Å²) in [6.07, 6.45) is 3.46. The van der Waals surface area contributed by atoms with Crippen LogP contribution in [0.15, 0.2) is 21.8 Å². The Kier molecular flexibility index (Phi) is 3.89. The lowest BCUT2D eigenvalue weighted by Crippen LogP contribution is -2.43. The lowest BCUT2D eigenvalue weighted by Gasteiger charge is -2.38. The van der Waals surface area contributed by atoms with Gasteiger partial charge in [-0.2, -0.15) is 0 Å². The second-order valence-electron chi connectivity index (χ2n) is 5.74. The van der Waals surface area contributed by atoms with Gasteiger partial charge < -0.3 is 4.43 Å². The molecule has 1 aliphatic rings. The Hall–Kier alpha value is 0.387. The number of halogens is 1. The van der Waals surface area contributed by atoms with Crippen molar-refractivity contribution >= 4 is 30.9 Å². The summed E-state index contributed by atoms with van der Waals surface area (Å²) in [6.45, 7) is 15.5. The number of hydrogen-bond donors (Lipinski definition) is 0. The lowest BCUT2D eigenvalue weighted by molar-refractivity contribution is 0.231. The quantitative estimate of drug-likeness (QED) is 0.527. The molecule has 0 N–H and O–H groups in total. The molecule has 0 spiro atoms. The maximum Gasteiger partial charge on any atom is 0.192 e. The van der Waals surface area contributed by atoms with Crippen molar-refractivity contribution in [2.24, 2.45) is 0 Å². The van der Waals surface area contributed by atoms with E-state index in [1.807, 2.05) is 0 Å². The highest BCUT2D eigenvalue weighted by molar-refractivity contribution is 14.1. The van der Waals surface area contributed by atoms with E-state index >= 15 is 0 Å². The summed E-state index contributed by atoms with van der Waals surface area (Å²) in [5.41, 5.74) is 1.22. The molecule has 0 fully saturated rings. The summed E-state index contributed by atoms with van der Waals surface area (Å²) in [4.78, 5) is 0. The van der Waals surface area contributed by atoms with Gasteiger partial charge in [-0.1, -0.05) is 27.4 Å². The molecular formula is C12H21IOSi. The average molecular weight is 336 g/mol. The van der Waals surface area contributed by atoms with Gasteiger partial charge in [-0.05, 0) is 52.4 Å². The molecular weight excluding hydrogens is 315 g/mol. The second kappa shape index (κ2) is 4.34. The number of hydrogen-bond acceptors (Lipinski definition) is 1. The van der Waals surface area contributed by atoms with Crippen LogP contribution in [0.25, 0.3) is 0 Å². The normalized spacial score (nSPS) is 23.2. The van der Waals surface area contributed by atoms with Crippen molar-refractivity contribution in [3.05, 3.63) is 21.8 Å². The first-order valence-electron chi connectivity index (χ1n) is 5.37. The first kappa shape index (κ1) is 13.5. The molecule has 0 unspecified atom stereocenters. The van der Waals surface area contributed by atoms with Crippen LogP contribution in [0.1, 0.15) is 27.2 Å². The Bertz CT molecular complexity index is 299. The lowest BCUT2D eigenvalue weighted by atomic mass is 10.2. The highest BCUT2D eigenvalue weighted by Crippen LogP contribution is 2.40. The average Bonchev–Trinajstić information content (AvgIpc) is 2.27. The summed E-state index contributed by atoms with van der Waals surface area (Å²) >= 11 is 2.34. The summed E-state index contributed by atoms with van der Waals surface area (Å²) < 4.78 is 7.58. The van der Waals surface area contributed by atoms with Gasteiger partial charge in [0.15, 0.2) is 8.32 Å². The zero-order chi connectivity index (χ0) is 11.9. The Morgan fingerprint density at radius 2 is 2.00 bits per heavy atom. The number of allylic oxidation sites excluding steroid dienone is 1. The van der Waals surface area contributed by atoms with Crippen LogP contribution < -0.4 is 0 Å². The van der Waals surface area contributed by atoms with Crippen LogP contribution >= 0.6 is 22.6 Å². The molecule has 0 aliphatic heterocycles. The van der Waals surface area contributed by atoms with Crippen molar-refractivity contribution in [3.63, 3.8) is 0 Å². The number of rotatable bonds is 2. The van der Waals surface area contributed by atoms with Crippen LogP contribution in [0, 0.1) is 0 Å². The molecule has 15 heavy (non-hydrogen) atoms. The van der Waals surface area contributed by atoms with Gasteiger partial charge in [-0.25, -0.2) is 0 Å². The largest absolute Gasteiger partial charge is 0.410 e. The predicted octanol–water partition coefficient (Wildman–Crippen LogP) is 4.66. The van der Waals surface area contributed by atoms with Crippen molar-refractivity contribution in [2.75, 3.05) is 0 Å². The van der Waals surface area contributed by atoms with E-state index in [-0.39, 0.29) is 11.1 Å². The Labute approximate surface area is 108 Å². The Balaban J connectivity index is 2.69. The van der Waals surface area contributed by atoms with E-state index in [0.717, 1.165) is 6.42 Å². The molecule has 3 heteroatoms. The first-order chi connectivity index (χ1) is 6.63. The van der Waals surface area contributed by atoms with Gasteiger partial charge in [0.05, 0.1) is 6.10 Å². The molecule has 1 aliphatic carbocycles. The molecule has 0 aromatic carbocycles. The van der Waals surface area contributed by atoms with Gasteiger partial charge in [0.2, 0.25) is 0 Å². The third-order valence-electron chi connectivity index (χ3n) is 3.37. The SMILES string of the molecule is C=C1C[C@H](O[Si](C)(C)C(C)(C)C)C=C1I. The van der Waals surface area contributed by atoms with Crippen molar-refractivity contribution in [2.45, 2.75) is 51.4 Å². The van der Waals surface area contributed by atoms with Crippen molar-refractivity contribution in [3.8, 4) is 0 Å². The second-order valence-corrected chi connectivity index (χ2v) is 11.7. The van der Waals surface area contributed by atoms with Crippen LogP contribution in [-0.2, 0) is 4.43 Å². The summed E-state index contributed by atoms with van der Waals surface area (Å²) in [5, 5.41) is 0.288. The molecule has 0 aromatic rings. The van der Waals surface area contributed by atoms with Crippen LogP contribution in [0.2, 0.25) is 18.1 Å². The molecule has 1 atom stereocenters. The summed E-state index contributed by atoms with van der Waals surface area (Å²) in [7, 11) is -1.62. The highest BCUT2D eigenvalue weighted by Gasteiger charge is 2.39. The van der Waals surface area contributed by atoms with E-state index in [0.29, 0.717) is 0 Å². The molecule has 0 bridgehead atoms. The smallest absolute Gasteiger partial charge is 0.192 e. The topological polar surface area (TPSA) is 9.23 Å². The van der Waals surface area contributed by atoms with Crippen molar-refractivity contribution in [1.29, 1.82) is 0 Å². The molecule has 0 saturated carbocycles. The minimum atomic E-state index is -1.62. The van der Waals surface area contributed by atoms with E-state index in [1.165, 1.54) is 9.15 Å². The Morgan fingerprint density at radius 1 is 1.47 bits per heavy atom. The van der Waals surface area contributed by atoms with E-state index in [1.54, 1.807) is 0 Å². The molecule has 0 heterocycles. The molecule has 0 aromatic heterocycles. The molecule has 0 radical (unpaired) electrons. The van der Waals surface area contributed by atoms with Gasteiger partial charge in [0, 0.05) is 10.0 Å². The van der Waals surface area contributed by atoms with E-state index < -0.39 is 8.32 Å². The van der Waals surface area contributed by atoms with Gasteiger partial charge >= 0.3 is 0 Å². The van der Waals surface area contributed by atoms with Gasteiger partial charge in [0.1, 0.15) is 0 Å². The van der Waals surface area contributed by atoms with Crippen LogP contribution in [-0.4, -0.2) is 14.4 Å². The molecule has 0 amide bonds. The van der Waals surface area contributed by atoms with Gasteiger partial charge in [0.25, 0.3) is 0 Å². The fourth-order valence-electron chi connectivity index (χ4n) is 1.31. The maximum absolute atomic E-state index is 6.30. The highest BCUT2D eigenvalue weighted by atomic mass is 127. The van der Waals surface area contributed by atoms with E-state index in [2.05, 4.69) is 69.1 Å². The minimum Gasteiger partial charge on any atom is -0.410 e. The van der Waals surface area contributed by atoms with E-state index in [9.17, 15) is 0 Å². The summed E-state index contributed by atoms with van der Waals surface area (Å²) in [6, 6.07) is 0. The minimum absolute atomic E-state index is 0.269.